The van der Waals surface area contributed by atoms with Crippen molar-refractivity contribution in [2.45, 2.75) is 18.8 Å². The van der Waals surface area contributed by atoms with E-state index in [-0.39, 0.29) is 22.3 Å². The van der Waals surface area contributed by atoms with Gasteiger partial charge in [-0.15, -0.1) is 0 Å². The van der Waals surface area contributed by atoms with Crippen LogP contribution in [0.2, 0.25) is 5.02 Å². The molecule has 1 aliphatic heterocycles. The molecule has 0 saturated carbocycles. The van der Waals surface area contributed by atoms with Gasteiger partial charge in [-0.2, -0.15) is 0 Å². The normalized spacial score (nSPS) is 20.4. The number of rotatable bonds is 2. The van der Waals surface area contributed by atoms with Crippen molar-refractivity contribution in [3.05, 3.63) is 28.3 Å². The molecule has 0 bridgehead atoms. The highest BCUT2D eigenvalue weighted by Gasteiger charge is 2.26. The zero-order chi connectivity index (χ0) is 12.4. The first-order chi connectivity index (χ1) is 8.15. The highest BCUT2D eigenvalue weighted by Crippen LogP contribution is 2.39. The molecule has 0 aliphatic carbocycles. The summed E-state index contributed by atoms with van der Waals surface area (Å²) < 4.78 is 32.3. The van der Waals surface area contributed by atoms with E-state index in [0.717, 1.165) is 25.5 Å². The van der Waals surface area contributed by atoms with E-state index in [1.54, 1.807) is 0 Å². The maximum absolute atomic E-state index is 13.9. The van der Waals surface area contributed by atoms with Crippen molar-refractivity contribution in [1.82, 2.24) is 5.32 Å². The van der Waals surface area contributed by atoms with Crippen molar-refractivity contribution < 1.29 is 13.5 Å². The van der Waals surface area contributed by atoms with Crippen LogP contribution in [0.25, 0.3) is 0 Å². The minimum atomic E-state index is -0.920. The summed E-state index contributed by atoms with van der Waals surface area (Å²) in [4.78, 5) is 0. The highest BCUT2D eigenvalue weighted by atomic mass is 35.5. The molecule has 2 nitrogen and oxygen atoms in total. The predicted octanol–water partition coefficient (Wildman–Crippen LogP) is 3.09. The molecular formula is C12H14ClF2NO. The van der Waals surface area contributed by atoms with Crippen LogP contribution < -0.4 is 10.1 Å². The van der Waals surface area contributed by atoms with E-state index in [0.29, 0.717) is 6.54 Å². The Morgan fingerprint density at radius 2 is 2.24 bits per heavy atom. The third-order valence-electron chi connectivity index (χ3n) is 3.07. The van der Waals surface area contributed by atoms with Crippen LogP contribution in [0.3, 0.4) is 0 Å². The molecular weight excluding hydrogens is 248 g/mol. The Morgan fingerprint density at radius 3 is 2.82 bits per heavy atom. The summed E-state index contributed by atoms with van der Waals surface area (Å²) in [5.74, 6) is -1.61. The lowest BCUT2D eigenvalue weighted by atomic mass is 9.90. The fourth-order valence-corrected chi connectivity index (χ4v) is 2.54. The summed E-state index contributed by atoms with van der Waals surface area (Å²) in [7, 11) is 1.41. The van der Waals surface area contributed by atoms with Gasteiger partial charge in [-0.05, 0) is 25.5 Å². The maximum atomic E-state index is 13.9. The molecule has 2 rings (SSSR count). The van der Waals surface area contributed by atoms with Crippen LogP contribution >= 0.6 is 11.6 Å². The molecule has 0 radical (unpaired) electrons. The number of methoxy groups -OCH3 is 1. The van der Waals surface area contributed by atoms with Crippen molar-refractivity contribution in [2.24, 2.45) is 0 Å². The number of nitrogens with one attached hydrogen (secondary N) is 1. The summed E-state index contributed by atoms with van der Waals surface area (Å²) >= 11 is 5.87. The summed E-state index contributed by atoms with van der Waals surface area (Å²) in [5, 5.41) is 3.28. The van der Waals surface area contributed by atoms with Crippen LogP contribution in [-0.2, 0) is 0 Å². The van der Waals surface area contributed by atoms with E-state index in [1.165, 1.54) is 7.11 Å². The number of benzene rings is 1. The van der Waals surface area contributed by atoms with Gasteiger partial charge in [0.2, 0.25) is 0 Å². The fourth-order valence-electron chi connectivity index (χ4n) is 2.27. The largest absolute Gasteiger partial charge is 0.495 e. The smallest absolute Gasteiger partial charge is 0.166 e. The lowest BCUT2D eigenvalue weighted by Crippen LogP contribution is -2.29. The molecule has 0 spiro atoms. The quantitative estimate of drug-likeness (QED) is 0.826. The average molecular weight is 262 g/mol. The molecule has 0 amide bonds. The molecule has 1 unspecified atom stereocenters. The number of hydrogen-bond donors (Lipinski definition) is 1. The molecule has 1 heterocycles. The molecule has 1 saturated heterocycles. The Morgan fingerprint density at radius 1 is 1.47 bits per heavy atom. The van der Waals surface area contributed by atoms with E-state index in [1.807, 2.05) is 0 Å². The van der Waals surface area contributed by atoms with Gasteiger partial charge >= 0.3 is 0 Å². The predicted molar refractivity (Wildman–Crippen MR) is 62.8 cm³/mol. The summed E-state index contributed by atoms with van der Waals surface area (Å²) in [6, 6.07) is 0.954. The Balaban J connectivity index is 2.48. The van der Waals surface area contributed by atoms with E-state index in [4.69, 9.17) is 16.3 Å². The van der Waals surface area contributed by atoms with Gasteiger partial charge in [-0.25, -0.2) is 8.78 Å². The van der Waals surface area contributed by atoms with Crippen LogP contribution in [0.15, 0.2) is 6.07 Å². The number of hydrogen-bond acceptors (Lipinski definition) is 2. The fraction of sp³-hybridized carbons (Fsp3) is 0.500. The third-order valence-corrected chi connectivity index (χ3v) is 3.35. The van der Waals surface area contributed by atoms with Gasteiger partial charge in [0.15, 0.2) is 11.6 Å². The van der Waals surface area contributed by atoms with Gasteiger partial charge < -0.3 is 10.1 Å². The lowest BCUT2D eigenvalue weighted by molar-refractivity contribution is 0.374. The Kier molecular flexibility index (Phi) is 3.84. The molecule has 94 valence electrons. The third kappa shape index (κ3) is 2.38. The molecule has 1 aromatic rings. The van der Waals surface area contributed by atoms with Gasteiger partial charge in [-0.1, -0.05) is 11.6 Å². The van der Waals surface area contributed by atoms with Gasteiger partial charge in [0, 0.05) is 18.0 Å². The number of halogens is 3. The molecule has 1 aromatic carbocycles. The topological polar surface area (TPSA) is 21.3 Å². The molecule has 1 fully saturated rings. The minimum Gasteiger partial charge on any atom is -0.495 e. The molecule has 5 heteroatoms. The molecule has 0 aromatic heterocycles. The number of piperidine rings is 1. The summed E-state index contributed by atoms with van der Waals surface area (Å²) in [5.41, 5.74) is 0.254. The van der Waals surface area contributed by atoms with Crippen molar-refractivity contribution in [2.75, 3.05) is 20.2 Å². The van der Waals surface area contributed by atoms with Crippen molar-refractivity contribution in [1.29, 1.82) is 0 Å². The lowest BCUT2D eigenvalue weighted by Gasteiger charge is -2.25. The molecule has 1 atom stereocenters. The van der Waals surface area contributed by atoms with Crippen LogP contribution in [0, 0.1) is 11.6 Å². The Bertz CT molecular complexity index is 419. The minimum absolute atomic E-state index is 0.0908. The van der Waals surface area contributed by atoms with E-state index in [2.05, 4.69) is 5.32 Å². The first-order valence-electron chi connectivity index (χ1n) is 5.57. The first kappa shape index (κ1) is 12.6. The van der Waals surface area contributed by atoms with Crippen molar-refractivity contribution >= 4 is 11.6 Å². The second kappa shape index (κ2) is 5.19. The first-order valence-corrected chi connectivity index (χ1v) is 5.95. The monoisotopic (exact) mass is 261 g/mol. The molecule has 1 N–H and O–H groups in total. The SMILES string of the molecule is COc1c(Cl)cc(F)c(F)c1C1CCCNC1. The Hall–Kier alpha value is -0.870. The zero-order valence-corrected chi connectivity index (χ0v) is 10.3. The standard InChI is InChI=1S/C12H14ClF2NO/c1-17-12-8(13)5-9(14)11(15)10(12)7-3-2-4-16-6-7/h5,7,16H,2-4,6H2,1H3. The van der Waals surface area contributed by atoms with Crippen LogP contribution in [0.5, 0.6) is 5.75 Å². The van der Waals surface area contributed by atoms with Gasteiger partial charge in [0.25, 0.3) is 0 Å². The number of ether oxygens (including phenoxy) is 1. The second-order valence-electron chi connectivity index (χ2n) is 4.14. The van der Waals surface area contributed by atoms with Crippen molar-refractivity contribution in [3.8, 4) is 5.75 Å². The Labute approximate surface area is 104 Å². The average Bonchev–Trinajstić information content (AvgIpc) is 2.34. The van der Waals surface area contributed by atoms with E-state index < -0.39 is 11.6 Å². The summed E-state index contributed by atoms with van der Waals surface area (Å²) in [6.45, 7) is 1.52. The second-order valence-corrected chi connectivity index (χ2v) is 4.55. The van der Waals surface area contributed by atoms with Gasteiger partial charge in [0.05, 0.1) is 12.1 Å². The molecule has 1 aliphatic rings. The van der Waals surface area contributed by atoms with Gasteiger partial charge in [0.1, 0.15) is 5.75 Å². The van der Waals surface area contributed by atoms with Crippen LogP contribution in [0.1, 0.15) is 24.3 Å². The molecule has 17 heavy (non-hydrogen) atoms. The van der Waals surface area contributed by atoms with Crippen molar-refractivity contribution in [3.63, 3.8) is 0 Å². The summed E-state index contributed by atoms with van der Waals surface area (Å²) in [6.07, 6.45) is 1.74. The van der Waals surface area contributed by atoms with Crippen LogP contribution in [-0.4, -0.2) is 20.2 Å². The van der Waals surface area contributed by atoms with E-state index in [9.17, 15) is 8.78 Å². The van der Waals surface area contributed by atoms with E-state index >= 15 is 0 Å². The van der Waals surface area contributed by atoms with Crippen LogP contribution in [0.4, 0.5) is 8.78 Å². The van der Waals surface area contributed by atoms with Gasteiger partial charge in [-0.3, -0.25) is 0 Å². The zero-order valence-electron chi connectivity index (χ0n) is 9.53. The highest BCUT2D eigenvalue weighted by molar-refractivity contribution is 6.32. The maximum Gasteiger partial charge on any atom is 0.166 e.